The fourth-order valence-corrected chi connectivity index (χ4v) is 1.51. The second kappa shape index (κ2) is 7.16. The zero-order valence-corrected chi connectivity index (χ0v) is 11.5. The molecule has 0 saturated heterocycles. The number of hydrazone groups is 1. The number of benzene rings is 1. The van der Waals surface area contributed by atoms with Crippen LogP contribution in [0.1, 0.15) is 5.56 Å². The van der Waals surface area contributed by atoms with Gasteiger partial charge < -0.3 is 5.32 Å². The molecule has 1 aromatic carbocycles. The van der Waals surface area contributed by atoms with Gasteiger partial charge in [0.15, 0.2) is 0 Å². The zero-order chi connectivity index (χ0) is 15.1. The van der Waals surface area contributed by atoms with Crippen LogP contribution in [0.4, 0.5) is 5.69 Å². The molecular weight excluding hydrogens is 292 g/mol. The van der Waals surface area contributed by atoms with Crippen molar-refractivity contribution < 1.29 is 9.59 Å². The maximum atomic E-state index is 11.6. The quantitative estimate of drug-likeness (QED) is 0.515. The van der Waals surface area contributed by atoms with Crippen molar-refractivity contribution in [2.75, 3.05) is 5.32 Å². The van der Waals surface area contributed by atoms with Gasteiger partial charge in [-0.25, -0.2) is 5.43 Å². The van der Waals surface area contributed by atoms with E-state index in [1.807, 2.05) is 0 Å². The van der Waals surface area contributed by atoms with E-state index in [1.165, 1.54) is 6.21 Å². The van der Waals surface area contributed by atoms with Gasteiger partial charge in [0.25, 0.3) is 0 Å². The number of carbonyl (C=O) groups excluding carboxylic acids is 2. The molecule has 0 aliphatic rings. The monoisotopic (exact) mass is 302 g/mol. The maximum absolute atomic E-state index is 11.6. The van der Waals surface area contributed by atoms with Crippen LogP contribution in [0.3, 0.4) is 0 Å². The van der Waals surface area contributed by atoms with Crippen LogP contribution in [-0.2, 0) is 9.59 Å². The Morgan fingerprint density at radius 1 is 1.05 bits per heavy atom. The van der Waals surface area contributed by atoms with Crippen molar-refractivity contribution in [3.05, 3.63) is 59.4 Å². The SMILES string of the molecule is O=C(N/N=C\c1ccncc1)C(=O)Nc1ccc(Cl)cc1. The third kappa shape index (κ3) is 4.70. The predicted octanol–water partition coefficient (Wildman–Crippen LogP) is 1.82. The van der Waals surface area contributed by atoms with Crippen LogP contribution in [0.2, 0.25) is 5.02 Å². The number of hydrogen-bond acceptors (Lipinski definition) is 4. The standard InChI is InChI=1S/C14H11ClN4O2/c15-11-1-3-12(4-2-11)18-13(20)14(21)19-17-9-10-5-7-16-8-6-10/h1-9H,(H,18,20)(H,19,21)/b17-9-. The fraction of sp³-hybridized carbons (Fsp3) is 0. The van der Waals surface area contributed by atoms with Gasteiger partial charge in [0.05, 0.1) is 6.21 Å². The third-order valence-electron chi connectivity index (χ3n) is 2.39. The number of anilines is 1. The van der Waals surface area contributed by atoms with Gasteiger partial charge in [0.1, 0.15) is 0 Å². The summed E-state index contributed by atoms with van der Waals surface area (Å²) in [5, 5.41) is 6.65. The molecule has 21 heavy (non-hydrogen) atoms. The number of nitrogens with one attached hydrogen (secondary N) is 2. The summed E-state index contributed by atoms with van der Waals surface area (Å²) in [6.07, 6.45) is 4.60. The highest BCUT2D eigenvalue weighted by Gasteiger charge is 2.12. The lowest BCUT2D eigenvalue weighted by Crippen LogP contribution is -2.32. The van der Waals surface area contributed by atoms with Gasteiger partial charge in [-0.1, -0.05) is 11.6 Å². The van der Waals surface area contributed by atoms with E-state index in [2.05, 4.69) is 20.8 Å². The molecular formula is C14H11ClN4O2. The number of pyridine rings is 1. The first kappa shape index (κ1) is 14.7. The number of amides is 2. The van der Waals surface area contributed by atoms with Gasteiger partial charge in [0, 0.05) is 23.1 Å². The number of nitrogens with zero attached hydrogens (tertiary/aromatic N) is 2. The predicted molar refractivity (Wildman–Crippen MR) is 80.1 cm³/mol. The van der Waals surface area contributed by atoms with Crippen LogP contribution < -0.4 is 10.7 Å². The van der Waals surface area contributed by atoms with Crippen molar-refractivity contribution in [3.8, 4) is 0 Å². The summed E-state index contributed by atoms with van der Waals surface area (Å²) < 4.78 is 0. The molecule has 0 aliphatic carbocycles. The molecule has 2 rings (SSSR count). The molecule has 2 amide bonds. The van der Waals surface area contributed by atoms with Gasteiger partial charge in [0.2, 0.25) is 0 Å². The second-order valence-corrected chi connectivity index (χ2v) is 4.38. The molecule has 0 bridgehead atoms. The Morgan fingerprint density at radius 2 is 1.71 bits per heavy atom. The van der Waals surface area contributed by atoms with Crippen LogP contribution in [0.25, 0.3) is 0 Å². The van der Waals surface area contributed by atoms with Crippen LogP contribution >= 0.6 is 11.6 Å². The minimum absolute atomic E-state index is 0.470. The highest BCUT2D eigenvalue weighted by atomic mass is 35.5. The van der Waals surface area contributed by atoms with Crippen molar-refractivity contribution in [1.29, 1.82) is 0 Å². The van der Waals surface area contributed by atoms with Crippen LogP contribution in [0.5, 0.6) is 0 Å². The number of halogens is 1. The Balaban J connectivity index is 1.87. The van der Waals surface area contributed by atoms with E-state index in [9.17, 15) is 9.59 Å². The summed E-state index contributed by atoms with van der Waals surface area (Å²) in [4.78, 5) is 27.0. The third-order valence-corrected chi connectivity index (χ3v) is 2.65. The van der Waals surface area contributed by atoms with Gasteiger partial charge in [-0.2, -0.15) is 5.10 Å². The van der Waals surface area contributed by atoms with Crippen molar-refractivity contribution in [1.82, 2.24) is 10.4 Å². The fourth-order valence-electron chi connectivity index (χ4n) is 1.39. The van der Waals surface area contributed by atoms with E-state index < -0.39 is 11.8 Å². The van der Waals surface area contributed by atoms with Crippen LogP contribution in [0, 0.1) is 0 Å². The number of aromatic nitrogens is 1. The molecule has 6 nitrogen and oxygen atoms in total. The van der Waals surface area contributed by atoms with Gasteiger partial charge in [-0.3, -0.25) is 14.6 Å². The van der Waals surface area contributed by atoms with Gasteiger partial charge in [-0.05, 0) is 42.0 Å². The number of hydrogen-bond donors (Lipinski definition) is 2. The van der Waals surface area contributed by atoms with Crippen molar-refractivity contribution in [2.24, 2.45) is 5.10 Å². The lowest BCUT2D eigenvalue weighted by molar-refractivity contribution is -0.136. The normalized spacial score (nSPS) is 10.3. The van der Waals surface area contributed by atoms with E-state index in [1.54, 1.807) is 48.8 Å². The molecule has 0 saturated carbocycles. The molecule has 0 spiro atoms. The molecule has 0 radical (unpaired) electrons. The summed E-state index contributed by atoms with van der Waals surface area (Å²) in [6, 6.07) is 9.82. The lowest BCUT2D eigenvalue weighted by atomic mass is 10.3. The Morgan fingerprint density at radius 3 is 2.38 bits per heavy atom. The molecule has 7 heteroatoms. The summed E-state index contributed by atoms with van der Waals surface area (Å²) in [6.45, 7) is 0. The van der Waals surface area contributed by atoms with Gasteiger partial charge >= 0.3 is 11.8 Å². The molecule has 1 aromatic heterocycles. The maximum Gasteiger partial charge on any atom is 0.329 e. The first-order valence-corrected chi connectivity index (χ1v) is 6.33. The summed E-state index contributed by atoms with van der Waals surface area (Å²) in [5.74, 6) is -1.68. The number of rotatable bonds is 3. The van der Waals surface area contributed by atoms with E-state index in [4.69, 9.17) is 11.6 Å². The molecule has 0 unspecified atom stereocenters. The molecule has 1 heterocycles. The highest BCUT2D eigenvalue weighted by molar-refractivity contribution is 6.39. The Labute approximate surface area is 125 Å². The molecule has 106 valence electrons. The van der Waals surface area contributed by atoms with Crippen molar-refractivity contribution in [3.63, 3.8) is 0 Å². The Hall–Kier alpha value is -2.73. The average Bonchev–Trinajstić information content (AvgIpc) is 2.50. The van der Waals surface area contributed by atoms with Gasteiger partial charge in [-0.15, -0.1) is 0 Å². The Kier molecular flexibility index (Phi) is 5.00. The topological polar surface area (TPSA) is 83.5 Å². The molecule has 0 fully saturated rings. The van der Waals surface area contributed by atoms with E-state index in [0.717, 1.165) is 5.56 Å². The largest absolute Gasteiger partial charge is 0.329 e. The second-order valence-electron chi connectivity index (χ2n) is 3.94. The van der Waals surface area contributed by atoms with Crippen LogP contribution in [-0.4, -0.2) is 23.0 Å². The van der Waals surface area contributed by atoms with Crippen molar-refractivity contribution >= 4 is 35.3 Å². The minimum atomic E-state index is -0.866. The zero-order valence-electron chi connectivity index (χ0n) is 10.8. The smallest absolute Gasteiger partial charge is 0.318 e. The van der Waals surface area contributed by atoms with E-state index in [-0.39, 0.29) is 0 Å². The molecule has 2 aromatic rings. The molecule has 0 atom stereocenters. The molecule has 2 N–H and O–H groups in total. The van der Waals surface area contributed by atoms with Crippen molar-refractivity contribution in [2.45, 2.75) is 0 Å². The first-order valence-electron chi connectivity index (χ1n) is 5.95. The van der Waals surface area contributed by atoms with E-state index in [0.29, 0.717) is 10.7 Å². The van der Waals surface area contributed by atoms with E-state index >= 15 is 0 Å². The Bertz CT molecular complexity index is 656. The van der Waals surface area contributed by atoms with Crippen LogP contribution in [0.15, 0.2) is 53.9 Å². The first-order chi connectivity index (χ1) is 10.1. The minimum Gasteiger partial charge on any atom is -0.318 e. The number of carbonyl (C=O) groups is 2. The summed E-state index contributed by atoms with van der Waals surface area (Å²) in [5.41, 5.74) is 3.36. The average molecular weight is 303 g/mol. The lowest BCUT2D eigenvalue weighted by Gasteiger charge is -2.03. The summed E-state index contributed by atoms with van der Waals surface area (Å²) in [7, 11) is 0. The highest BCUT2D eigenvalue weighted by Crippen LogP contribution is 2.13. The molecule has 0 aliphatic heterocycles. The summed E-state index contributed by atoms with van der Waals surface area (Å²) >= 11 is 5.72.